The fourth-order valence-electron chi connectivity index (χ4n) is 4.13. The molecular formula is C22H37N5O. The van der Waals surface area contributed by atoms with Gasteiger partial charge in [-0.25, -0.2) is 4.79 Å². The molecule has 0 atom stereocenters. The number of rotatable bonds is 9. The minimum absolute atomic E-state index is 0.0334. The summed E-state index contributed by atoms with van der Waals surface area (Å²) in [5, 5.41) is 5.99. The molecule has 2 heterocycles. The van der Waals surface area contributed by atoms with Gasteiger partial charge in [-0.15, -0.1) is 0 Å². The van der Waals surface area contributed by atoms with Crippen LogP contribution < -0.4 is 10.6 Å². The van der Waals surface area contributed by atoms with E-state index >= 15 is 0 Å². The molecule has 3 rings (SSSR count). The van der Waals surface area contributed by atoms with Gasteiger partial charge in [0.15, 0.2) is 0 Å². The highest BCUT2D eigenvalue weighted by atomic mass is 16.2. The average Bonchev–Trinajstić information content (AvgIpc) is 2.74. The molecular weight excluding hydrogens is 350 g/mol. The molecule has 1 fully saturated rings. The van der Waals surface area contributed by atoms with E-state index in [1.807, 2.05) is 0 Å². The quantitative estimate of drug-likeness (QED) is 0.634. The number of unbranched alkanes of at least 4 members (excludes halogenated alkanes) is 1. The lowest BCUT2D eigenvalue weighted by Gasteiger charge is -2.33. The maximum absolute atomic E-state index is 12.0. The Morgan fingerprint density at radius 1 is 0.857 bits per heavy atom. The monoisotopic (exact) mass is 387 g/mol. The van der Waals surface area contributed by atoms with Gasteiger partial charge in [0.2, 0.25) is 0 Å². The van der Waals surface area contributed by atoms with Gasteiger partial charge in [0, 0.05) is 58.9 Å². The van der Waals surface area contributed by atoms with Gasteiger partial charge >= 0.3 is 6.03 Å². The second kappa shape index (κ2) is 11.4. The third-order valence-electron chi connectivity index (χ3n) is 6.02. The van der Waals surface area contributed by atoms with Crippen molar-refractivity contribution in [3.63, 3.8) is 0 Å². The summed E-state index contributed by atoms with van der Waals surface area (Å²) in [7, 11) is 0. The van der Waals surface area contributed by atoms with Crippen LogP contribution in [0.3, 0.4) is 0 Å². The molecule has 0 saturated carbocycles. The summed E-state index contributed by atoms with van der Waals surface area (Å²) in [5.74, 6) is 0. The molecule has 28 heavy (non-hydrogen) atoms. The predicted octanol–water partition coefficient (Wildman–Crippen LogP) is 1.76. The molecule has 2 aliphatic rings. The van der Waals surface area contributed by atoms with Crippen LogP contribution in [0, 0.1) is 0 Å². The molecule has 2 aliphatic heterocycles. The second-order valence-electron chi connectivity index (χ2n) is 7.96. The van der Waals surface area contributed by atoms with E-state index < -0.39 is 0 Å². The number of carbonyl (C=O) groups excluding carboxylic acids is 1. The number of fused-ring (bicyclic) bond motifs is 1. The summed E-state index contributed by atoms with van der Waals surface area (Å²) >= 11 is 0. The summed E-state index contributed by atoms with van der Waals surface area (Å²) in [6, 6.07) is 8.63. The molecule has 156 valence electrons. The van der Waals surface area contributed by atoms with Gasteiger partial charge in [0.1, 0.15) is 0 Å². The highest BCUT2D eigenvalue weighted by Gasteiger charge is 2.16. The van der Waals surface area contributed by atoms with Crippen molar-refractivity contribution in [1.82, 2.24) is 25.3 Å². The van der Waals surface area contributed by atoms with Gasteiger partial charge in [0.25, 0.3) is 0 Å². The fourth-order valence-corrected chi connectivity index (χ4v) is 4.13. The first-order valence-electron chi connectivity index (χ1n) is 11.0. The highest BCUT2D eigenvalue weighted by molar-refractivity contribution is 5.73. The summed E-state index contributed by atoms with van der Waals surface area (Å²) in [5.41, 5.74) is 2.89. The molecule has 1 saturated heterocycles. The Balaban J connectivity index is 1.18. The van der Waals surface area contributed by atoms with Crippen LogP contribution in [0.15, 0.2) is 24.3 Å². The minimum atomic E-state index is -0.0334. The van der Waals surface area contributed by atoms with E-state index in [9.17, 15) is 4.79 Å². The van der Waals surface area contributed by atoms with Crippen molar-refractivity contribution in [2.75, 3.05) is 65.4 Å². The Hall–Kier alpha value is -1.63. The molecule has 6 heteroatoms. The zero-order chi connectivity index (χ0) is 19.6. The Labute approximate surface area is 170 Å². The lowest BCUT2D eigenvalue weighted by Crippen LogP contribution is -2.46. The number of amides is 2. The summed E-state index contributed by atoms with van der Waals surface area (Å²) in [6.07, 6.45) is 3.31. The number of carbonyl (C=O) groups is 1. The molecule has 6 nitrogen and oxygen atoms in total. The van der Waals surface area contributed by atoms with E-state index in [1.54, 1.807) is 0 Å². The molecule has 0 aliphatic carbocycles. The molecule has 0 aromatic heterocycles. The number of urea groups is 1. The second-order valence-corrected chi connectivity index (χ2v) is 7.96. The van der Waals surface area contributed by atoms with E-state index in [4.69, 9.17) is 0 Å². The van der Waals surface area contributed by atoms with Gasteiger partial charge in [-0.05, 0) is 43.5 Å². The first-order valence-corrected chi connectivity index (χ1v) is 11.0. The van der Waals surface area contributed by atoms with Crippen LogP contribution in [0.5, 0.6) is 0 Å². The topological polar surface area (TPSA) is 50.9 Å². The molecule has 2 amide bonds. The Bertz CT molecular complexity index is 600. The molecule has 0 unspecified atom stereocenters. The number of hydrogen-bond donors (Lipinski definition) is 2. The zero-order valence-corrected chi connectivity index (χ0v) is 17.5. The van der Waals surface area contributed by atoms with Gasteiger partial charge in [-0.3, -0.25) is 4.90 Å². The van der Waals surface area contributed by atoms with E-state index in [1.165, 1.54) is 37.3 Å². The van der Waals surface area contributed by atoms with Crippen LogP contribution in [0.25, 0.3) is 0 Å². The summed E-state index contributed by atoms with van der Waals surface area (Å²) in [4.78, 5) is 19.4. The number of benzene rings is 1. The van der Waals surface area contributed by atoms with Crippen LogP contribution in [-0.4, -0.2) is 86.2 Å². The summed E-state index contributed by atoms with van der Waals surface area (Å²) < 4.78 is 0. The minimum Gasteiger partial charge on any atom is -0.338 e. The standard InChI is InChI=1S/C22H37N5O/c1-2-25-15-17-26(18-16-25)12-6-5-10-23-22(28)24-11-14-27-13-9-20-7-3-4-8-21(20)19-27/h3-4,7-8H,2,5-6,9-19H2,1H3,(H2,23,24,28). The largest absolute Gasteiger partial charge is 0.338 e. The SMILES string of the molecule is CCN1CCN(CCCCNC(=O)NCCN2CCc3ccccc3C2)CC1. The third kappa shape index (κ3) is 6.76. The van der Waals surface area contributed by atoms with E-state index in [-0.39, 0.29) is 6.03 Å². The zero-order valence-electron chi connectivity index (χ0n) is 17.5. The number of piperazine rings is 1. The Morgan fingerprint density at radius 2 is 1.57 bits per heavy atom. The smallest absolute Gasteiger partial charge is 0.314 e. The van der Waals surface area contributed by atoms with Crippen LogP contribution in [0.1, 0.15) is 30.9 Å². The average molecular weight is 388 g/mol. The third-order valence-corrected chi connectivity index (χ3v) is 6.02. The molecule has 1 aromatic rings. The lowest BCUT2D eigenvalue weighted by molar-refractivity contribution is 0.135. The van der Waals surface area contributed by atoms with Gasteiger partial charge in [-0.2, -0.15) is 0 Å². The van der Waals surface area contributed by atoms with Gasteiger partial charge < -0.3 is 20.4 Å². The highest BCUT2D eigenvalue weighted by Crippen LogP contribution is 2.17. The first-order chi connectivity index (χ1) is 13.7. The first kappa shape index (κ1) is 21.1. The van der Waals surface area contributed by atoms with Crippen molar-refractivity contribution in [1.29, 1.82) is 0 Å². The number of hydrogen-bond acceptors (Lipinski definition) is 4. The summed E-state index contributed by atoms with van der Waals surface area (Å²) in [6.45, 7) is 13.7. The number of likely N-dealkylation sites (N-methyl/N-ethyl adjacent to an activating group) is 1. The maximum atomic E-state index is 12.0. The normalized spacial score (nSPS) is 18.6. The van der Waals surface area contributed by atoms with Crippen LogP contribution in [0.4, 0.5) is 4.79 Å². The van der Waals surface area contributed by atoms with Crippen LogP contribution in [0.2, 0.25) is 0 Å². The Kier molecular flexibility index (Phi) is 8.58. The fraction of sp³-hybridized carbons (Fsp3) is 0.682. The maximum Gasteiger partial charge on any atom is 0.314 e. The van der Waals surface area contributed by atoms with Crippen molar-refractivity contribution >= 4 is 6.03 Å². The van der Waals surface area contributed by atoms with Crippen molar-refractivity contribution in [3.05, 3.63) is 35.4 Å². The molecule has 0 radical (unpaired) electrons. The molecule has 0 spiro atoms. The molecule has 0 bridgehead atoms. The van der Waals surface area contributed by atoms with Crippen LogP contribution >= 0.6 is 0 Å². The van der Waals surface area contributed by atoms with Crippen LogP contribution in [-0.2, 0) is 13.0 Å². The van der Waals surface area contributed by atoms with Gasteiger partial charge in [0.05, 0.1) is 0 Å². The number of nitrogens with one attached hydrogen (secondary N) is 2. The van der Waals surface area contributed by atoms with E-state index in [2.05, 4.69) is 56.5 Å². The van der Waals surface area contributed by atoms with Crippen molar-refractivity contribution in [2.24, 2.45) is 0 Å². The predicted molar refractivity (Wildman–Crippen MR) is 115 cm³/mol. The van der Waals surface area contributed by atoms with Crippen molar-refractivity contribution in [3.8, 4) is 0 Å². The number of nitrogens with zero attached hydrogens (tertiary/aromatic N) is 3. The molecule has 1 aromatic carbocycles. The van der Waals surface area contributed by atoms with Crippen molar-refractivity contribution in [2.45, 2.75) is 32.7 Å². The Morgan fingerprint density at radius 3 is 2.36 bits per heavy atom. The van der Waals surface area contributed by atoms with Crippen molar-refractivity contribution < 1.29 is 4.79 Å². The van der Waals surface area contributed by atoms with E-state index in [0.717, 1.165) is 58.5 Å². The molecule has 2 N–H and O–H groups in total. The lowest BCUT2D eigenvalue weighted by atomic mass is 10.00. The van der Waals surface area contributed by atoms with Gasteiger partial charge in [-0.1, -0.05) is 31.2 Å². The van der Waals surface area contributed by atoms with E-state index in [0.29, 0.717) is 6.54 Å².